The second-order valence-corrected chi connectivity index (χ2v) is 8.97. The summed E-state index contributed by atoms with van der Waals surface area (Å²) in [6.45, 7) is 7.23. The van der Waals surface area contributed by atoms with Crippen LogP contribution in [-0.2, 0) is 15.9 Å². The first-order valence-corrected chi connectivity index (χ1v) is 11.5. The molecule has 5 rings (SSSR count). The number of ether oxygens (including phenoxy) is 2. The molecule has 8 heteroatoms. The van der Waals surface area contributed by atoms with Crippen LogP contribution in [0, 0.1) is 0 Å². The predicted octanol–water partition coefficient (Wildman–Crippen LogP) is 1.78. The molecule has 0 aromatic heterocycles. The van der Waals surface area contributed by atoms with Gasteiger partial charge in [-0.25, -0.2) is 4.79 Å². The van der Waals surface area contributed by atoms with E-state index in [1.807, 2.05) is 4.90 Å². The van der Waals surface area contributed by atoms with Crippen LogP contribution in [0.3, 0.4) is 0 Å². The average molecular weight is 431 g/mol. The van der Waals surface area contributed by atoms with Gasteiger partial charge < -0.3 is 19.7 Å². The zero-order chi connectivity index (χ0) is 20.5. The van der Waals surface area contributed by atoms with E-state index in [0.717, 1.165) is 76.9 Å². The Morgan fingerprint density at radius 2 is 1.90 bits per heavy atom. The molecule has 4 aliphatic rings. The van der Waals surface area contributed by atoms with Gasteiger partial charge in [0.1, 0.15) is 6.10 Å². The lowest BCUT2D eigenvalue weighted by atomic mass is 9.99. The maximum absolute atomic E-state index is 12.6. The lowest BCUT2D eigenvalue weighted by molar-refractivity contribution is 0.0388. The van der Waals surface area contributed by atoms with Crippen LogP contribution >= 0.6 is 12.2 Å². The Labute approximate surface area is 183 Å². The van der Waals surface area contributed by atoms with Gasteiger partial charge in [-0.15, -0.1) is 0 Å². The summed E-state index contributed by atoms with van der Waals surface area (Å²) in [4.78, 5) is 19.3. The van der Waals surface area contributed by atoms with Crippen LogP contribution in [0.25, 0.3) is 0 Å². The minimum atomic E-state index is -0.149. The van der Waals surface area contributed by atoms with Crippen molar-refractivity contribution in [1.29, 1.82) is 0 Å². The van der Waals surface area contributed by atoms with Crippen molar-refractivity contribution in [1.82, 2.24) is 20.0 Å². The molecule has 1 N–H and O–H groups in total. The molecule has 1 aliphatic carbocycles. The fourth-order valence-electron chi connectivity index (χ4n) is 5.26. The zero-order valence-corrected chi connectivity index (χ0v) is 18.1. The van der Waals surface area contributed by atoms with Crippen molar-refractivity contribution < 1.29 is 14.3 Å². The maximum atomic E-state index is 12.6. The number of benzene rings is 1. The summed E-state index contributed by atoms with van der Waals surface area (Å²) in [6, 6.07) is 8.72. The molecule has 3 aliphatic heterocycles. The van der Waals surface area contributed by atoms with Crippen LogP contribution < -0.4 is 5.32 Å². The molecule has 1 amide bonds. The zero-order valence-electron chi connectivity index (χ0n) is 17.3. The smallest absolute Gasteiger partial charge is 0.411 e. The number of piperidine rings is 1. The van der Waals surface area contributed by atoms with E-state index < -0.39 is 0 Å². The molecule has 162 valence electrons. The summed E-state index contributed by atoms with van der Waals surface area (Å²) < 4.78 is 11.1. The summed E-state index contributed by atoms with van der Waals surface area (Å²) in [7, 11) is 0. The van der Waals surface area contributed by atoms with Crippen LogP contribution in [0.2, 0.25) is 0 Å². The molecule has 30 heavy (non-hydrogen) atoms. The Balaban J connectivity index is 1.13. The van der Waals surface area contributed by atoms with E-state index in [1.54, 1.807) is 0 Å². The molecule has 1 aromatic carbocycles. The van der Waals surface area contributed by atoms with Crippen molar-refractivity contribution >= 4 is 23.4 Å². The number of carbonyl (C=O) groups is 1. The number of nitrogens with zero attached hydrogens (tertiary/aromatic N) is 3. The second-order valence-electron chi connectivity index (χ2n) is 8.58. The van der Waals surface area contributed by atoms with E-state index >= 15 is 0 Å². The number of morpholine rings is 1. The van der Waals surface area contributed by atoms with E-state index in [4.69, 9.17) is 21.7 Å². The number of carbonyl (C=O) groups excluding carboxylic acids is 1. The van der Waals surface area contributed by atoms with Gasteiger partial charge in [0, 0.05) is 51.7 Å². The molecule has 0 spiro atoms. The highest BCUT2D eigenvalue weighted by molar-refractivity contribution is 7.80. The van der Waals surface area contributed by atoms with Crippen molar-refractivity contribution in [3.63, 3.8) is 0 Å². The number of likely N-dealkylation sites (tertiary alicyclic amines) is 1. The standard InChI is InChI=1S/C22H30N4O3S/c27-22-26(20-18-4-2-1-3-16(18)15-19(20)29-22)17-5-8-25(9-6-17)21(30)23-7-10-24-11-13-28-14-12-24/h1-4,17,19-20H,5-15H2,(H,23,30). The van der Waals surface area contributed by atoms with Crippen LogP contribution in [0.4, 0.5) is 4.79 Å². The van der Waals surface area contributed by atoms with Crippen molar-refractivity contribution in [2.24, 2.45) is 0 Å². The largest absolute Gasteiger partial charge is 0.443 e. The molecule has 0 bridgehead atoms. The van der Waals surface area contributed by atoms with Crippen LogP contribution in [0.1, 0.15) is 30.0 Å². The molecule has 1 aromatic rings. The van der Waals surface area contributed by atoms with Crippen molar-refractivity contribution in [3.8, 4) is 0 Å². The fraction of sp³-hybridized carbons (Fsp3) is 0.636. The lowest BCUT2D eigenvalue weighted by Crippen LogP contribution is -2.51. The topological polar surface area (TPSA) is 57.3 Å². The van der Waals surface area contributed by atoms with E-state index in [1.165, 1.54) is 11.1 Å². The molecule has 3 heterocycles. The minimum Gasteiger partial charge on any atom is -0.443 e. The molecule has 0 radical (unpaired) electrons. The molecule has 3 fully saturated rings. The minimum absolute atomic E-state index is 0.0316. The predicted molar refractivity (Wildman–Crippen MR) is 117 cm³/mol. The Morgan fingerprint density at radius 1 is 1.13 bits per heavy atom. The molecule has 3 saturated heterocycles. The van der Waals surface area contributed by atoms with Gasteiger partial charge >= 0.3 is 6.09 Å². The van der Waals surface area contributed by atoms with Gasteiger partial charge in [0.25, 0.3) is 0 Å². The third-order valence-corrected chi connectivity index (χ3v) is 7.27. The number of fused-ring (bicyclic) bond motifs is 3. The summed E-state index contributed by atoms with van der Waals surface area (Å²) in [5, 5.41) is 4.24. The SMILES string of the molecule is O=C1OC2Cc3ccccc3C2N1C1CCN(C(=S)NCCN2CCOCC2)CC1. The molecule has 2 atom stereocenters. The second kappa shape index (κ2) is 8.69. The van der Waals surface area contributed by atoms with Crippen LogP contribution in [-0.4, -0.2) is 90.5 Å². The van der Waals surface area contributed by atoms with E-state index in [9.17, 15) is 4.79 Å². The average Bonchev–Trinajstić information content (AvgIpc) is 3.29. The third-order valence-electron chi connectivity index (χ3n) is 6.86. The van der Waals surface area contributed by atoms with Gasteiger partial charge in [-0.05, 0) is 36.2 Å². The first-order valence-electron chi connectivity index (χ1n) is 11.1. The number of hydrogen-bond acceptors (Lipinski definition) is 5. The quantitative estimate of drug-likeness (QED) is 0.731. The van der Waals surface area contributed by atoms with Crippen LogP contribution in [0.5, 0.6) is 0 Å². The van der Waals surface area contributed by atoms with Gasteiger partial charge in [-0.1, -0.05) is 24.3 Å². The monoisotopic (exact) mass is 430 g/mol. The van der Waals surface area contributed by atoms with Gasteiger partial charge in [0.2, 0.25) is 0 Å². The van der Waals surface area contributed by atoms with Crippen molar-refractivity contribution in [2.45, 2.75) is 37.5 Å². The fourth-order valence-corrected chi connectivity index (χ4v) is 5.54. The first-order chi connectivity index (χ1) is 14.7. The molecular formula is C22H30N4O3S. The van der Waals surface area contributed by atoms with E-state index in [-0.39, 0.29) is 24.3 Å². The maximum Gasteiger partial charge on any atom is 0.411 e. The Bertz CT molecular complexity index is 792. The number of nitrogens with one attached hydrogen (secondary N) is 1. The normalized spacial score (nSPS) is 27.0. The third kappa shape index (κ3) is 3.88. The highest BCUT2D eigenvalue weighted by Gasteiger charge is 2.50. The summed E-state index contributed by atoms with van der Waals surface area (Å²) in [5.74, 6) is 0. The molecule has 0 saturated carbocycles. The molecular weight excluding hydrogens is 400 g/mol. The van der Waals surface area contributed by atoms with Gasteiger partial charge in [0.15, 0.2) is 5.11 Å². The Kier molecular flexibility index (Phi) is 5.80. The number of hydrogen-bond donors (Lipinski definition) is 1. The molecule has 7 nitrogen and oxygen atoms in total. The van der Waals surface area contributed by atoms with Crippen molar-refractivity contribution in [3.05, 3.63) is 35.4 Å². The Morgan fingerprint density at radius 3 is 2.70 bits per heavy atom. The van der Waals surface area contributed by atoms with Gasteiger partial charge in [-0.2, -0.15) is 0 Å². The number of thiocarbonyl (C=S) groups is 1. The lowest BCUT2D eigenvalue weighted by Gasteiger charge is -2.39. The van der Waals surface area contributed by atoms with Gasteiger partial charge in [-0.3, -0.25) is 9.80 Å². The first kappa shape index (κ1) is 20.0. The van der Waals surface area contributed by atoms with E-state index in [2.05, 4.69) is 39.4 Å². The summed E-state index contributed by atoms with van der Waals surface area (Å²) in [5.41, 5.74) is 2.57. The number of rotatable bonds is 4. The summed E-state index contributed by atoms with van der Waals surface area (Å²) in [6.07, 6.45) is 2.50. The highest BCUT2D eigenvalue weighted by atomic mass is 32.1. The van der Waals surface area contributed by atoms with Gasteiger partial charge in [0.05, 0.1) is 19.3 Å². The van der Waals surface area contributed by atoms with E-state index in [0.29, 0.717) is 0 Å². The Hall–Kier alpha value is -1.90. The highest BCUT2D eigenvalue weighted by Crippen LogP contribution is 2.44. The van der Waals surface area contributed by atoms with Crippen LogP contribution in [0.15, 0.2) is 24.3 Å². The summed E-state index contributed by atoms with van der Waals surface area (Å²) >= 11 is 5.63. The number of amides is 1. The van der Waals surface area contributed by atoms with Crippen molar-refractivity contribution in [2.75, 3.05) is 52.5 Å². The molecule has 2 unspecified atom stereocenters.